The quantitative estimate of drug-likeness (QED) is 0.629. The molecule has 7 nitrogen and oxygen atoms in total. The lowest BCUT2D eigenvalue weighted by Crippen LogP contribution is -2.49. The molecule has 1 saturated heterocycles. The molecular weight excluding hydrogens is 454 g/mol. The number of nitrogens with zero attached hydrogens (tertiary/aromatic N) is 4. The Hall–Kier alpha value is -2.78. The average Bonchev–Trinajstić information content (AvgIpc) is 3.30. The zero-order chi connectivity index (χ0) is 20.2. The number of carbonyl (C=O) groups is 2. The normalized spacial score (nSPS) is 14.0. The fourth-order valence-electron chi connectivity index (χ4n) is 3.12. The van der Waals surface area contributed by atoms with Gasteiger partial charge in [-0.2, -0.15) is 0 Å². The van der Waals surface area contributed by atoms with Gasteiger partial charge >= 0.3 is 0 Å². The molecule has 3 aromatic rings. The number of rotatable bonds is 4. The van der Waals surface area contributed by atoms with E-state index in [0.717, 1.165) is 4.47 Å². The standard InChI is InChI=1S/C20H18BrN5O2S/c21-14-12-22-20(23-13-14)26-9-7-25(8-10-26)19(28)15-4-1-2-5-16(15)24-18(27)17-6-3-11-29-17/h1-6,11-13H,7-10H2,(H,24,27). The molecule has 9 heteroatoms. The summed E-state index contributed by atoms with van der Waals surface area (Å²) in [6.07, 6.45) is 3.43. The third-order valence-electron chi connectivity index (χ3n) is 4.61. The van der Waals surface area contributed by atoms with Crippen molar-refractivity contribution in [2.24, 2.45) is 0 Å². The predicted molar refractivity (Wildman–Crippen MR) is 117 cm³/mol. The van der Waals surface area contributed by atoms with Crippen LogP contribution in [0.1, 0.15) is 20.0 Å². The molecule has 2 aromatic heterocycles. The fraction of sp³-hybridized carbons (Fsp3) is 0.200. The summed E-state index contributed by atoms with van der Waals surface area (Å²) in [7, 11) is 0. The summed E-state index contributed by atoms with van der Waals surface area (Å²) in [5, 5.41) is 4.71. The van der Waals surface area contributed by atoms with E-state index in [9.17, 15) is 9.59 Å². The molecule has 0 unspecified atom stereocenters. The van der Waals surface area contributed by atoms with Crippen LogP contribution in [0.2, 0.25) is 0 Å². The van der Waals surface area contributed by atoms with Crippen molar-refractivity contribution in [3.05, 3.63) is 69.1 Å². The minimum atomic E-state index is -0.211. The van der Waals surface area contributed by atoms with Gasteiger partial charge in [0.05, 0.1) is 20.6 Å². The van der Waals surface area contributed by atoms with Gasteiger partial charge in [0.15, 0.2) is 0 Å². The van der Waals surface area contributed by atoms with Gasteiger partial charge in [-0.05, 0) is 39.5 Å². The smallest absolute Gasteiger partial charge is 0.265 e. The molecule has 1 N–H and O–H groups in total. The summed E-state index contributed by atoms with van der Waals surface area (Å²) in [5.41, 5.74) is 1.01. The van der Waals surface area contributed by atoms with Crippen molar-refractivity contribution < 1.29 is 9.59 Å². The molecule has 148 valence electrons. The molecule has 3 heterocycles. The molecule has 4 rings (SSSR count). The van der Waals surface area contributed by atoms with E-state index in [4.69, 9.17) is 0 Å². The van der Waals surface area contributed by atoms with Gasteiger partial charge < -0.3 is 15.1 Å². The molecule has 1 aromatic carbocycles. The van der Waals surface area contributed by atoms with Crippen LogP contribution in [0.3, 0.4) is 0 Å². The van der Waals surface area contributed by atoms with Crippen LogP contribution < -0.4 is 10.2 Å². The first-order valence-corrected chi connectivity index (χ1v) is 10.7. The van der Waals surface area contributed by atoms with Gasteiger partial charge in [0.25, 0.3) is 11.8 Å². The maximum absolute atomic E-state index is 13.1. The summed E-state index contributed by atoms with van der Waals surface area (Å²) in [5.74, 6) is 0.352. The molecule has 29 heavy (non-hydrogen) atoms. The summed E-state index contributed by atoms with van der Waals surface area (Å²) < 4.78 is 0.830. The predicted octanol–water partition coefficient (Wildman–Crippen LogP) is 3.52. The number of anilines is 2. The third-order valence-corrected chi connectivity index (χ3v) is 5.89. The molecule has 1 aliphatic heterocycles. The second-order valence-corrected chi connectivity index (χ2v) is 8.32. The number of para-hydroxylation sites is 1. The summed E-state index contributed by atoms with van der Waals surface area (Å²) in [6.45, 7) is 2.42. The minimum absolute atomic E-state index is 0.0940. The van der Waals surface area contributed by atoms with E-state index in [0.29, 0.717) is 48.3 Å². The molecule has 0 bridgehead atoms. The highest BCUT2D eigenvalue weighted by atomic mass is 79.9. The monoisotopic (exact) mass is 471 g/mol. The van der Waals surface area contributed by atoms with Crippen LogP contribution in [-0.4, -0.2) is 52.9 Å². The molecular formula is C20H18BrN5O2S. The Bertz CT molecular complexity index is 1000. The van der Waals surface area contributed by atoms with Crippen LogP contribution >= 0.6 is 27.3 Å². The third kappa shape index (κ3) is 4.46. The lowest BCUT2D eigenvalue weighted by Gasteiger charge is -2.35. The number of piperazine rings is 1. The van der Waals surface area contributed by atoms with E-state index in [1.165, 1.54) is 11.3 Å². The van der Waals surface area contributed by atoms with Gasteiger partial charge in [0.2, 0.25) is 5.95 Å². The van der Waals surface area contributed by atoms with Crippen LogP contribution in [0, 0.1) is 0 Å². The number of aromatic nitrogens is 2. The van der Waals surface area contributed by atoms with E-state index in [2.05, 4.69) is 36.1 Å². The Labute approximate surface area is 180 Å². The molecule has 1 fully saturated rings. The van der Waals surface area contributed by atoms with Gasteiger partial charge in [-0.1, -0.05) is 18.2 Å². The van der Waals surface area contributed by atoms with Gasteiger partial charge in [-0.3, -0.25) is 9.59 Å². The highest BCUT2D eigenvalue weighted by Gasteiger charge is 2.25. The van der Waals surface area contributed by atoms with Crippen LogP contribution in [-0.2, 0) is 0 Å². The Balaban J connectivity index is 1.44. The first kappa shape index (κ1) is 19.5. The van der Waals surface area contributed by atoms with Crippen molar-refractivity contribution in [1.29, 1.82) is 0 Å². The summed E-state index contributed by atoms with van der Waals surface area (Å²) >= 11 is 4.70. The first-order valence-electron chi connectivity index (χ1n) is 9.07. The van der Waals surface area contributed by atoms with Gasteiger partial charge in [-0.25, -0.2) is 9.97 Å². The number of halogens is 1. The van der Waals surface area contributed by atoms with Crippen LogP contribution in [0.5, 0.6) is 0 Å². The second kappa shape index (κ2) is 8.71. The highest BCUT2D eigenvalue weighted by molar-refractivity contribution is 9.10. The van der Waals surface area contributed by atoms with Gasteiger partial charge in [0.1, 0.15) is 0 Å². The highest BCUT2D eigenvalue weighted by Crippen LogP contribution is 2.21. The largest absolute Gasteiger partial charge is 0.337 e. The Morgan fingerprint density at radius 2 is 1.72 bits per heavy atom. The number of carbonyl (C=O) groups excluding carboxylic acids is 2. The van der Waals surface area contributed by atoms with Crippen LogP contribution in [0.4, 0.5) is 11.6 Å². The summed E-state index contributed by atoms with van der Waals surface area (Å²) in [6, 6.07) is 10.7. The molecule has 0 aliphatic carbocycles. The number of hydrogen-bond acceptors (Lipinski definition) is 6. The van der Waals surface area contributed by atoms with Gasteiger partial charge in [0, 0.05) is 38.6 Å². The Morgan fingerprint density at radius 3 is 2.41 bits per heavy atom. The van der Waals surface area contributed by atoms with Crippen molar-refractivity contribution in [1.82, 2.24) is 14.9 Å². The molecule has 2 amide bonds. The molecule has 0 radical (unpaired) electrons. The van der Waals surface area contributed by atoms with E-state index in [-0.39, 0.29) is 11.8 Å². The number of amides is 2. The van der Waals surface area contributed by atoms with E-state index in [1.807, 2.05) is 17.5 Å². The fourth-order valence-corrected chi connectivity index (χ4v) is 3.94. The number of nitrogens with one attached hydrogen (secondary N) is 1. The first-order chi connectivity index (χ1) is 14.1. The topological polar surface area (TPSA) is 78.4 Å². The minimum Gasteiger partial charge on any atom is -0.337 e. The lowest BCUT2D eigenvalue weighted by atomic mass is 10.1. The van der Waals surface area contributed by atoms with Crippen LogP contribution in [0.15, 0.2) is 58.6 Å². The molecule has 0 spiro atoms. The summed E-state index contributed by atoms with van der Waals surface area (Å²) in [4.78, 5) is 38.6. The molecule has 1 aliphatic rings. The van der Waals surface area contributed by atoms with Crippen molar-refractivity contribution in [3.8, 4) is 0 Å². The number of hydrogen-bond donors (Lipinski definition) is 1. The molecule has 0 atom stereocenters. The van der Waals surface area contributed by atoms with E-state index >= 15 is 0 Å². The van der Waals surface area contributed by atoms with Crippen molar-refractivity contribution >= 4 is 50.7 Å². The van der Waals surface area contributed by atoms with Crippen LogP contribution in [0.25, 0.3) is 0 Å². The molecule has 0 saturated carbocycles. The van der Waals surface area contributed by atoms with Crippen molar-refractivity contribution in [3.63, 3.8) is 0 Å². The van der Waals surface area contributed by atoms with Gasteiger partial charge in [-0.15, -0.1) is 11.3 Å². The van der Waals surface area contributed by atoms with Crippen molar-refractivity contribution in [2.45, 2.75) is 0 Å². The number of benzene rings is 1. The maximum Gasteiger partial charge on any atom is 0.265 e. The Morgan fingerprint density at radius 1 is 1.00 bits per heavy atom. The second-order valence-electron chi connectivity index (χ2n) is 6.46. The lowest BCUT2D eigenvalue weighted by molar-refractivity contribution is 0.0747. The average molecular weight is 472 g/mol. The van der Waals surface area contributed by atoms with Crippen molar-refractivity contribution in [2.75, 3.05) is 36.4 Å². The zero-order valence-electron chi connectivity index (χ0n) is 15.4. The number of thiophene rings is 1. The zero-order valence-corrected chi connectivity index (χ0v) is 17.8. The Kier molecular flexibility index (Phi) is 5.86. The SMILES string of the molecule is O=C(Nc1ccccc1C(=O)N1CCN(c2ncc(Br)cn2)CC1)c1cccs1. The van der Waals surface area contributed by atoms with E-state index in [1.54, 1.807) is 41.6 Å². The maximum atomic E-state index is 13.1. The van der Waals surface area contributed by atoms with E-state index < -0.39 is 0 Å².